The lowest BCUT2D eigenvalue weighted by atomic mass is 10.1. The Morgan fingerprint density at radius 3 is 2.82 bits per heavy atom. The molecule has 0 radical (unpaired) electrons. The average molecular weight is 361 g/mol. The van der Waals surface area contributed by atoms with Crippen molar-refractivity contribution in [3.63, 3.8) is 0 Å². The van der Waals surface area contributed by atoms with Gasteiger partial charge in [-0.3, -0.25) is 4.98 Å². The summed E-state index contributed by atoms with van der Waals surface area (Å²) in [6.07, 6.45) is 4.39. The van der Waals surface area contributed by atoms with Crippen LogP contribution in [0.15, 0.2) is 79.1 Å². The molecular weight excluding hydrogens is 346 g/mol. The largest absolute Gasteiger partial charge is 0.256 e. The summed E-state index contributed by atoms with van der Waals surface area (Å²) in [4.78, 5) is 8.86. The first-order valence-electron chi connectivity index (χ1n) is 8.98. The van der Waals surface area contributed by atoms with Crippen molar-refractivity contribution in [2.45, 2.75) is 6.42 Å². The normalized spacial score (nSPS) is 11.0. The smallest absolute Gasteiger partial charge is 0.153 e. The summed E-state index contributed by atoms with van der Waals surface area (Å²) in [6.45, 7) is 0. The van der Waals surface area contributed by atoms with Crippen LogP contribution in [0.5, 0.6) is 0 Å². The molecule has 0 saturated heterocycles. The number of hydrogen-bond donors (Lipinski definition) is 0. The summed E-state index contributed by atoms with van der Waals surface area (Å²) in [5, 5.41) is 15.0. The van der Waals surface area contributed by atoms with E-state index in [0.29, 0.717) is 5.56 Å². The van der Waals surface area contributed by atoms with Crippen LogP contribution in [0, 0.1) is 11.3 Å². The van der Waals surface area contributed by atoms with Gasteiger partial charge in [0, 0.05) is 23.6 Å². The fourth-order valence-corrected chi connectivity index (χ4v) is 3.39. The van der Waals surface area contributed by atoms with Gasteiger partial charge in [-0.1, -0.05) is 24.3 Å². The Hall–Kier alpha value is -4.04. The molecular formula is C23H15N5. The van der Waals surface area contributed by atoms with Crippen LogP contribution in [0.3, 0.4) is 0 Å². The Bertz CT molecular complexity index is 1360. The van der Waals surface area contributed by atoms with Gasteiger partial charge in [-0.2, -0.15) is 10.4 Å². The minimum atomic E-state index is 0.620. The second-order valence-corrected chi connectivity index (χ2v) is 6.64. The van der Waals surface area contributed by atoms with Crippen LogP contribution in [0.25, 0.3) is 27.8 Å². The zero-order valence-electron chi connectivity index (χ0n) is 14.9. The Balaban J connectivity index is 1.55. The van der Waals surface area contributed by atoms with E-state index in [4.69, 9.17) is 10.4 Å². The maximum Gasteiger partial charge on any atom is 0.153 e. The van der Waals surface area contributed by atoms with Gasteiger partial charge in [-0.05, 0) is 48.0 Å². The molecule has 5 aromatic rings. The molecule has 5 heteroatoms. The monoisotopic (exact) mass is 361 g/mol. The van der Waals surface area contributed by atoms with Gasteiger partial charge >= 0.3 is 0 Å². The Labute approximate surface area is 161 Å². The summed E-state index contributed by atoms with van der Waals surface area (Å²) < 4.78 is 1.88. The first-order chi connectivity index (χ1) is 13.8. The molecule has 0 amide bonds. The summed E-state index contributed by atoms with van der Waals surface area (Å²) in [5.74, 6) is 0. The van der Waals surface area contributed by atoms with Crippen molar-refractivity contribution < 1.29 is 0 Å². The van der Waals surface area contributed by atoms with Gasteiger partial charge in [0.15, 0.2) is 5.65 Å². The van der Waals surface area contributed by atoms with Crippen LogP contribution in [-0.4, -0.2) is 19.6 Å². The molecule has 132 valence electrons. The van der Waals surface area contributed by atoms with Gasteiger partial charge in [-0.15, -0.1) is 0 Å². The van der Waals surface area contributed by atoms with Gasteiger partial charge in [0.05, 0.1) is 34.7 Å². The molecule has 0 fully saturated rings. The minimum absolute atomic E-state index is 0.620. The van der Waals surface area contributed by atoms with Gasteiger partial charge < -0.3 is 0 Å². The standard InChI is InChI=1S/C23H15N5/c24-14-17-3-1-4-19(12-17)22-8-9-23-26-15-20(28(23)27-22)13-16-6-7-21-18(11-16)5-2-10-25-21/h1-12,15H,13H2. The minimum Gasteiger partial charge on any atom is -0.256 e. The number of nitrogens with zero attached hydrogens (tertiary/aromatic N) is 5. The van der Waals surface area contributed by atoms with Crippen molar-refractivity contribution in [2.24, 2.45) is 0 Å². The highest BCUT2D eigenvalue weighted by Gasteiger charge is 2.09. The molecule has 0 aliphatic rings. The number of hydrogen-bond acceptors (Lipinski definition) is 4. The lowest BCUT2D eigenvalue weighted by Crippen LogP contribution is -2.00. The first-order valence-corrected chi connectivity index (χ1v) is 8.98. The maximum atomic E-state index is 9.14. The number of benzene rings is 2. The van der Waals surface area contributed by atoms with Gasteiger partial charge in [0.2, 0.25) is 0 Å². The Kier molecular flexibility index (Phi) is 3.81. The van der Waals surface area contributed by atoms with Crippen LogP contribution in [0.4, 0.5) is 0 Å². The zero-order valence-corrected chi connectivity index (χ0v) is 14.9. The van der Waals surface area contributed by atoms with Crippen molar-refractivity contribution in [2.75, 3.05) is 0 Å². The van der Waals surface area contributed by atoms with Crippen LogP contribution in [0.1, 0.15) is 16.8 Å². The number of rotatable bonds is 3. The van der Waals surface area contributed by atoms with E-state index in [0.717, 1.165) is 39.9 Å². The highest BCUT2D eigenvalue weighted by Crippen LogP contribution is 2.21. The van der Waals surface area contributed by atoms with E-state index in [2.05, 4.69) is 34.2 Å². The summed E-state index contributed by atoms with van der Waals surface area (Å²) in [6, 6.07) is 23.8. The molecule has 3 heterocycles. The van der Waals surface area contributed by atoms with Gasteiger partial charge in [0.1, 0.15) is 0 Å². The summed E-state index contributed by atoms with van der Waals surface area (Å²) in [7, 11) is 0. The molecule has 0 spiro atoms. The van der Waals surface area contributed by atoms with E-state index in [9.17, 15) is 0 Å². The zero-order chi connectivity index (χ0) is 18.9. The second-order valence-electron chi connectivity index (χ2n) is 6.64. The van der Waals surface area contributed by atoms with Gasteiger partial charge in [-0.25, -0.2) is 9.50 Å². The average Bonchev–Trinajstić information content (AvgIpc) is 3.15. The van der Waals surface area contributed by atoms with Crippen molar-refractivity contribution in [3.8, 4) is 17.3 Å². The van der Waals surface area contributed by atoms with Crippen LogP contribution in [-0.2, 0) is 6.42 Å². The predicted octanol–water partition coefficient (Wildman–Crippen LogP) is 4.41. The number of pyridine rings is 1. The fourth-order valence-electron chi connectivity index (χ4n) is 3.39. The maximum absolute atomic E-state index is 9.14. The highest BCUT2D eigenvalue weighted by molar-refractivity contribution is 5.79. The number of imidazole rings is 1. The van der Waals surface area contributed by atoms with E-state index < -0.39 is 0 Å². The molecule has 0 aliphatic heterocycles. The molecule has 0 atom stereocenters. The lowest BCUT2D eigenvalue weighted by Gasteiger charge is -2.06. The van der Waals surface area contributed by atoms with E-state index in [1.165, 1.54) is 5.56 Å². The molecule has 28 heavy (non-hydrogen) atoms. The molecule has 0 bridgehead atoms. The van der Waals surface area contributed by atoms with Crippen molar-refractivity contribution in [3.05, 3.63) is 95.9 Å². The molecule has 0 saturated carbocycles. The topological polar surface area (TPSA) is 66.9 Å². The fraction of sp³-hybridized carbons (Fsp3) is 0.0435. The SMILES string of the molecule is N#Cc1cccc(-c2ccc3ncc(Cc4ccc5ncccc5c4)n3n2)c1. The molecule has 5 nitrogen and oxygen atoms in total. The van der Waals surface area contributed by atoms with Crippen LogP contribution < -0.4 is 0 Å². The number of fused-ring (bicyclic) bond motifs is 2. The molecule has 0 unspecified atom stereocenters. The third kappa shape index (κ3) is 2.87. The van der Waals surface area contributed by atoms with E-state index in [-0.39, 0.29) is 0 Å². The molecule has 0 N–H and O–H groups in total. The predicted molar refractivity (Wildman–Crippen MR) is 108 cm³/mol. The van der Waals surface area contributed by atoms with E-state index in [1.54, 1.807) is 12.3 Å². The van der Waals surface area contributed by atoms with Crippen molar-refractivity contribution in [1.29, 1.82) is 5.26 Å². The first kappa shape index (κ1) is 16.2. The molecule has 5 rings (SSSR count). The Morgan fingerprint density at radius 1 is 0.929 bits per heavy atom. The summed E-state index contributed by atoms with van der Waals surface area (Å²) in [5.41, 5.74) is 6.33. The third-order valence-electron chi connectivity index (χ3n) is 4.77. The number of aromatic nitrogens is 4. The van der Waals surface area contributed by atoms with Crippen molar-refractivity contribution in [1.82, 2.24) is 19.6 Å². The van der Waals surface area contributed by atoms with Crippen LogP contribution >= 0.6 is 0 Å². The van der Waals surface area contributed by atoms with E-state index in [1.807, 2.05) is 53.2 Å². The summed E-state index contributed by atoms with van der Waals surface area (Å²) >= 11 is 0. The third-order valence-corrected chi connectivity index (χ3v) is 4.77. The quantitative estimate of drug-likeness (QED) is 0.477. The highest BCUT2D eigenvalue weighted by atomic mass is 15.3. The van der Waals surface area contributed by atoms with Gasteiger partial charge in [0.25, 0.3) is 0 Å². The van der Waals surface area contributed by atoms with Crippen molar-refractivity contribution >= 4 is 16.6 Å². The lowest BCUT2D eigenvalue weighted by molar-refractivity contribution is 0.876. The molecule has 2 aromatic carbocycles. The van der Waals surface area contributed by atoms with Crippen LogP contribution in [0.2, 0.25) is 0 Å². The number of nitriles is 1. The second kappa shape index (κ2) is 6.60. The Morgan fingerprint density at radius 2 is 1.89 bits per heavy atom. The van der Waals surface area contributed by atoms with E-state index >= 15 is 0 Å². The molecule has 0 aliphatic carbocycles. The molecule has 3 aromatic heterocycles.